The summed E-state index contributed by atoms with van der Waals surface area (Å²) in [6.07, 6.45) is 0.748. The highest BCUT2D eigenvalue weighted by molar-refractivity contribution is 5.75. The van der Waals surface area contributed by atoms with Crippen molar-refractivity contribution in [1.29, 1.82) is 0 Å². The van der Waals surface area contributed by atoms with Gasteiger partial charge in [-0.05, 0) is 13.3 Å². The third-order valence-electron chi connectivity index (χ3n) is 1.31. The molecule has 0 spiro atoms. The summed E-state index contributed by atoms with van der Waals surface area (Å²) in [6, 6.07) is 0.116. The molecule has 5 N–H and O–H groups in total. The van der Waals surface area contributed by atoms with Crippen LogP contribution < -0.4 is 16.8 Å². The van der Waals surface area contributed by atoms with Crippen molar-refractivity contribution in [3.63, 3.8) is 0 Å². The highest BCUT2D eigenvalue weighted by Crippen LogP contribution is 1.90. The molecule has 0 saturated carbocycles. The first-order valence-corrected chi connectivity index (χ1v) is 3.85. The zero-order chi connectivity index (χ0) is 9.56. The maximum atomic E-state index is 10.6. The molecule has 0 aliphatic heterocycles. The molecule has 70 valence electrons. The lowest BCUT2D eigenvalue weighted by Crippen LogP contribution is -2.31. The number of hydrogen-bond donors (Lipinski definition) is 3. The molecule has 0 aromatic carbocycles. The molecular weight excluding hydrogens is 156 g/mol. The molecule has 5 heteroatoms. The van der Waals surface area contributed by atoms with Gasteiger partial charge in [-0.1, -0.05) is 0 Å². The lowest BCUT2D eigenvalue weighted by atomic mass is 10.2. The van der Waals surface area contributed by atoms with Crippen molar-refractivity contribution in [1.82, 2.24) is 5.32 Å². The number of rotatable bonds is 4. The fraction of sp³-hybridized carbons (Fsp3) is 0.714. The molecule has 0 aliphatic rings. The van der Waals surface area contributed by atoms with Gasteiger partial charge in [0.25, 0.3) is 0 Å². The van der Waals surface area contributed by atoms with Crippen molar-refractivity contribution in [2.24, 2.45) is 16.5 Å². The summed E-state index contributed by atoms with van der Waals surface area (Å²) in [5, 5.41) is 2.73. The molecule has 1 amide bonds. The lowest BCUT2D eigenvalue weighted by Gasteiger charge is -2.09. The number of nitrogens with one attached hydrogen (secondary N) is 1. The van der Waals surface area contributed by atoms with E-state index in [-0.39, 0.29) is 17.9 Å². The van der Waals surface area contributed by atoms with Gasteiger partial charge in [-0.15, -0.1) is 0 Å². The van der Waals surface area contributed by atoms with E-state index >= 15 is 0 Å². The fourth-order valence-electron chi connectivity index (χ4n) is 0.806. The smallest absolute Gasteiger partial charge is 0.217 e. The van der Waals surface area contributed by atoms with Crippen LogP contribution in [0.3, 0.4) is 0 Å². The standard InChI is InChI=1S/C7H16N4O/c1-5(11-6(2)12)3-4-10-7(8)9/h5H,3-4H2,1-2H3,(H,11,12)(H4,8,9,10). The number of aliphatic imine (C=N–C) groups is 1. The van der Waals surface area contributed by atoms with Crippen LogP contribution >= 0.6 is 0 Å². The summed E-state index contributed by atoms with van der Waals surface area (Å²) >= 11 is 0. The molecule has 12 heavy (non-hydrogen) atoms. The van der Waals surface area contributed by atoms with Crippen molar-refractivity contribution < 1.29 is 4.79 Å². The van der Waals surface area contributed by atoms with E-state index in [1.165, 1.54) is 6.92 Å². The first-order chi connectivity index (χ1) is 5.52. The molecule has 1 unspecified atom stereocenters. The van der Waals surface area contributed by atoms with Crippen molar-refractivity contribution in [3.05, 3.63) is 0 Å². The highest BCUT2D eigenvalue weighted by Gasteiger charge is 2.01. The third-order valence-corrected chi connectivity index (χ3v) is 1.31. The van der Waals surface area contributed by atoms with Gasteiger partial charge in [0.15, 0.2) is 5.96 Å². The van der Waals surface area contributed by atoms with Crippen LogP contribution in [0.15, 0.2) is 4.99 Å². The average molecular weight is 172 g/mol. The van der Waals surface area contributed by atoms with Gasteiger partial charge in [0.1, 0.15) is 0 Å². The van der Waals surface area contributed by atoms with Crippen LogP contribution in [0.5, 0.6) is 0 Å². The van der Waals surface area contributed by atoms with Gasteiger partial charge >= 0.3 is 0 Å². The predicted molar refractivity (Wildman–Crippen MR) is 48.6 cm³/mol. The Bertz CT molecular complexity index is 174. The van der Waals surface area contributed by atoms with E-state index in [2.05, 4.69) is 10.3 Å². The Morgan fingerprint density at radius 2 is 2.17 bits per heavy atom. The summed E-state index contributed by atoms with van der Waals surface area (Å²) in [7, 11) is 0. The van der Waals surface area contributed by atoms with Gasteiger partial charge in [-0.3, -0.25) is 9.79 Å². The molecule has 0 radical (unpaired) electrons. The number of carbonyl (C=O) groups excluding carboxylic acids is 1. The zero-order valence-electron chi connectivity index (χ0n) is 7.50. The van der Waals surface area contributed by atoms with Crippen LogP contribution in [0, 0.1) is 0 Å². The van der Waals surface area contributed by atoms with Gasteiger partial charge in [0, 0.05) is 19.5 Å². The van der Waals surface area contributed by atoms with Gasteiger partial charge in [-0.2, -0.15) is 0 Å². The van der Waals surface area contributed by atoms with E-state index in [9.17, 15) is 4.79 Å². The topological polar surface area (TPSA) is 93.5 Å². The molecule has 0 aromatic heterocycles. The summed E-state index contributed by atoms with van der Waals surface area (Å²) in [6.45, 7) is 3.93. The van der Waals surface area contributed by atoms with Crippen LogP contribution in [-0.4, -0.2) is 24.5 Å². The first kappa shape index (κ1) is 10.7. The minimum Gasteiger partial charge on any atom is -0.370 e. The van der Waals surface area contributed by atoms with Crippen molar-refractivity contribution in [2.75, 3.05) is 6.54 Å². The third kappa shape index (κ3) is 6.85. The molecule has 0 rings (SSSR count). The Kier molecular flexibility index (Phi) is 4.83. The molecule has 0 aliphatic carbocycles. The van der Waals surface area contributed by atoms with Crippen molar-refractivity contribution in [2.45, 2.75) is 26.3 Å². The van der Waals surface area contributed by atoms with E-state index in [0.29, 0.717) is 6.54 Å². The number of carbonyl (C=O) groups is 1. The number of amides is 1. The van der Waals surface area contributed by atoms with Crippen LogP contribution in [-0.2, 0) is 4.79 Å². The molecule has 0 heterocycles. The van der Waals surface area contributed by atoms with Crippen LogP contribution in [0.1, 0.15) is 20.3 Å². The molecule has 1 atom stereocenters. The predicted octanol–water partition coefficient (Wildman–Crippen LogP) is -0.825. The van der Waals surface area contributed by atoms with E-state index in [1.54, 1.807) is 0 Å². The van der Waals surface area contributed by atoms with Crippen molar-refractivity contribution >= 4 is 11.9 Å². The van der Waals surface area contributed by atoms with Gasteiger partial charge in [-0.25, -0.2) is 0 Å². The largest absolute Gasteiger partial charge is 0.370 e. The second-order valence-corrected chi connectivity index (χ2v) is 2.70. The van der Waals surface area contributed by atoms with Gasteiger partial charge in [0.05, 0.1) is 0 Å². The van der Waals surface area contributed by atoms with Crippen LogP contribution in [0.25, 0.3) is 0 Å². The summed E-state index contributed by atoms with van der Waals surface area (Å²) < 4.78 is 0. The summed E-state index contributed by atoms with van der Waals surface area (Å²) in [5.74, 6) is 0.0530. The molecule has 0 saturated heterocycles. The highest BCUT2D eigenvalue weighted by atomic mass is 16.1. The van der Waals surface area contributed by atoms with Crippen LogP contribution in [0.4, 0.5) is 0 Å². The van der Waals surface area contributed by atoms with Gasteiger partial charge < -0.3 is 16.8 Å². The normalized spacial score (nSPS) is 11.8. The quantitative estimate of drug-likeness (QED) is 0.382. The molecule has 0 bridgehead atoms. The summed E-state index contributed by atoms with van der Waals surface area (Å²) in [5.41, 5.74) is 10.2. The summed E-state index contributed by atoms with van der Waals surface area (Å²) in [4.78, 5) is 14.3. The van der Waals surface area contributed by atoms with Crippen LogP contribution in [0.2, 0.25) is 0 Å². The molecule has 0 fully saturated rings. The Labute approximate surface area is 72.2 Å². The second kappa shape index (κ2) is 5.40. The Hall–Kier alpha value is -1.26. The zero-order valence-corrected chi connectivity index (χ0v) is 7.50. The second-order valence-electron chi connectivity index (χ2n) is 2.70. The van der Waals surface area contributed by atoms with E-state index in [4.69, 9.17) is 11.5 Å². The first-order valence-electron chi connectivity index (χ1n) is 3.85. The monoisotopic (exact) mass is 172 g/mol. The fourth-order valence-corrected chi connectivity index (χ4v) is 0.806. The molecule has 5 nitrogen and oxygen atoms in total. The number of nitrogens with two attached hydrogens (primary N) is 2. The van der Waals surface area contributed by atoms with Gasteiger partial charge in [0.2, 0.25) is 5.91 Å². The minimum atomic E-state index is -0.0350. The average Bonchev–Trinajstić information content (AvgIpc) is 1.84. The maximum absolute atomic E-state index is 10.6. The Balaban J connectivity index is 3.50. The lowest BCUT2D eigenvalue weighted by molar-refractivity contribution is -0.119. The van der Waals surface area contributed by atoms with Crippen molar-refractivity contribution in [3.8, 4) is 0 Å². The molecular formula is C7H16N4O. The van der Waals surface area contributed by atoms with E-state index in [0.717, 1.165) is 6.42 Å². The number of hydrogen-bond acceptors (Lipinski definition) is 2. The Morgan fingerprint density at radius 1 is 1.58 bits per heavy atom. The Morgan fingerprint density at radius 3 is 2.58 bits per heavy atom. The van der Waals surface area contributed by atoms with E-state index < -0.39 is 0 Å². The number of guanidine groups is 1. The van der Waals surface area contributed by atoms with E-state index in [1.807, 2.05) is 6.92 Å². The minimum absolute atomic E-state index is 0.0350. The maximum Gasteiger partial charge on any atom is 0.217 e. The number of nitrogens with zero attached hydrogens (tertiary/aromatic N) is 1. The SMILES string of the molecule is CC(=O)NC(C)CCN=C(N)N. The molecule has 0 aromatic rings.